The van der Waals surface area contributed by atoms with Crippen molar-refractivity contribution in [1.82, 2.24) is 9.97 Å². The summed E-state index contributed by atoms with van der Waals surface area (Å²) < 4.78 is 26.8. The Morgan fingerprint density at radius 3 is 2.69 bits per heavy atom. The van der Waals surface area contributed by atoms with Crippen molar-refractivity contribution < 1.29 is 13.6 Å². The molecule has 1 aliphatic rings. The van der Waals surface area contributed by atoms with Gasteiger partial charge in [0.1, 0.15) is 0 Å². The lowest BCUT2D eigenvalue weighted by molar-refractivity contribution is -0.116. The van der Waals surface area contributed by atoms with Crippen LogP contribution in [0.4, 0.5) is 14.5 Å². The zero-order chi connectivity index (χ0) is 18.3. The quantitative estimate of drug-likeness (QED) is 0.652. The van der Waals surface area contributed by atoms with Crippen molar-refractivity contribution in [2.24, 2.45) is 5.92 Å². The summed E-state index contributed by atoms with van der Waals surface area (Å²) >= 11 is 0. The minimum Gasteiger partial charge on any atom is -0.324 e. The van der Waals surface area contributed by atoms with Crippen LogP contribution >= 0.6 is 0 Å². The summed E-state index contributed by atoms with van der Waals surface area (Å²) in [5, 5.41) is 2.81. The Labute approximate surface area is 147 Å². The molecule has 5 nitrogen and oxygen atoms in total. The van der Waals surface area contributed by atoms with Gasteiger partial charge in [-0.1, -0.05) is 12.1 Å². The SMILES string of the molecule is O=C(CC(c1ccc(F)c(F)c1)C1CC1)Nc1cccc2[nH]c(=O)[nH]c12. The first kappa shape index (κ1) is 16.5. The number of carbonyl (C=O) groups excluding carboxylic acids is 1. The minimum absolute atomic E-state index is 0.158. The number of aromatic amines is 2. The number of imidazole rings is 1. The van der Waals surface area contributed by atoms with E-state index in [1.807, 2.05) is 0 Å². The first-order valence-corrected chi connectivity index (χ1v) is 8.47. The average Bonchev–Trinajstić information content (AvgIpc) is 3.36. The summed E-state index contributed by atoms with van der Waals surface area (Å²) in [6, 6.07) is 8.98. The van der Waals surface area contributed by atoms with E-state index in [-0.39, 0.29) is 23.9 Å². The lowest BCUT2D eigenvalue weighted by Gasteiger charge is -2.17. The van der Waals surface area contributed by atoms with Gasteiger partial charge in [0.2, 0.25) is 5.91 Å². The van der Waals surface area contributed by atoms with Crippen LogP contribution in [0.1, 0.15) is 30.7 Å². The lowest BCUT2D eigenvalue weighted by atomic mass is 9.90. The van der Waals surface area contributed by atoms with E-state index >= 15 is 0 Å². The van der Waals surface area contributed by atoms with E-state index in [9.17, 15) is 18.4 Å². The van der Waals surface area contributed by atoms with Crippen LogP contribution < -0.4 is 11.0 Å². The number of halogens is 2. The zero-order valence-electron chi connectivity index (χ0n) is 13.8. The number of amides is 1. The summed E-state index contributed by atoms with van der Waals surface area (Å²) in [4.78, 5) is 29.3. The standard InChI is InChI=1S/C19H17F2N3O2/c20-13-7-6-11(8-14(13)21)12(10-4-5-10)9-17(25)22-15-2-1-3-16-18(15)24-19(26)23-16/h1-3,6-8,10,12H,4-5,9H2,(H,22,25)(H2,23,24,26). The van der Waals surface area contributed by atoms with Crippen LogP contribution in [-0.4, -0.2) is 15.9 Å². The smallest absolute Gasteiger partial charge is 0.323 e. The van der Waals surface area contributed by atoms with Crippen LogP contribution in [0.3, 0.4) is 0 Å². The van der Waals surface area contributed by atoms with Gasteiger partial charge in [-0.05, 0) is 54.5 Å². The third-order valence-corrected chi connectivity index (χ3v) is 4.79. The fourth-order valence-corrected chi connectivity index (χ4v) is 3.36. The van der Waals surface area contributed by atoms with Crippen molar-refractivity contribution in [3.8, 4) is 0 Å². The molecule has 1 aliphatic carbocycles. The van der Waals surface area contributed by atoms with Gasteiger partial charge in [0.15, 0.2) is 11.6 Å². The molecule has 1 atom stereocenters. The molecule has 4 rings (SSSR count). The normalized spacial score (nSPS) is 15.2. The second-order valence-electron chi connectivity index (χ2n) is 6.68. The lowest BCUT2D eigenvalue weighted by Crippen LogP contribution is -2.17. The molecule has 1 saturated carbocycles. The maximum Gasteiger partial charge on any atom is 0.323 e. The molecule has 26 heavy (non-hydrogen) atoms. The maximum absolute atomic E-state index is 13.6. The van der Waals surface area contributed by atoms with Crippen molar-refractivity contribution in [3.63, 3.8) is 0 Å². The summed E-state index contributed by atoms with van der Waals surface area (Å²) in [5.41, 5.74) is 1.92. The fraction of sp³-hybridized carbons (Fsp3) is 0.263. The molecule has 0 aliphatic heterocycles. The maximum atomic E-state index is 13.6. The number of para-hydroxylation sites is 1. The Morgan fingerprint density at radius 2 is 1.96 bits per heavy atom. The number of fused-ring (bicyclic) bond motifs is 1. The van der Waals surface area contributed by atoms with Crippen molar-refractivity contribution >= 4 is 22.6 Å². The number of H-pyrrole nitrogens is 2. The molecule has 7 heteroatoms. The molecule has 1 amide bonds. The first-order chi connectivity index (χ1) is 12.5. The minimum atomic E-state index is -0.900. The number of hydrogen-bond donors (Lipinski definition) is 3. The molecular weight excluding hydrogens is 340 g/mol. The molecule has 1 aromatic heterocycles. The van der Waals surface area contributed by atoms with Gasteiger partial charge >= 0.3 is 5.69 Å². The Hall–Kier alpha value is -2.96. The van der Waals surface area contributed by atoms with E-state index in [0.29, 0.717) is 28.2 Å². The monoisotopic (exact) mass is 357 g/mol. The van der Waals surface area contributed by atoms with Gasteiger partial charge in [-0.25, -0.2) is 13.6 Å². The van der Waals surface area contributed by atoms with E-state index in [1.165, 1.54) is 6.07 Å². The zero-order valence-corrected chi connectivity index (χ0v) is 13.8. The molecule has 0 bridgehead atoms. The van der Waals surface area contributed by atoms with Gasteiger partial charge in [-0.3, -0.25) is 4.79 Å². The summed E-state index contributed by atoms with van der Waals surface area (Å²) in [7, 11) is 0. The number of benzene rings is 2. The van der Waals surface area contributed by atoms with Crippen LogP contribution in [-0.2, 0) is 4.79 Å². The van der Waals surface area contributed by atoms with Gasteiger partial charge in [0.05, 0.1) is 16.7 Å². The van der Waals surface area contributed by atoms with Gasteiger partial charge in [0, 0.05) is 6.42 Å². The molecule has 0 spiro atoms. The second-order valence-corrected chi connectivity index (χ2v) is 6.68. The van der Waals surface area contributed by atoms with Crippen LogP contribution in [0.15, 0.2) is 41.2 Å². The summed E-state index contributed by atoms with van der Waals surface area (Å²) in [6.07, 6.45) is 2.11. The predicted octanol–water partition coefficient (Wildman–Crippen LogP) is 3.66. The van der Waals surface area contributed by atoms with Gasteiger partial charge in [-0.15, -0.1) is 0 Å². The molecule has 134 valence electrons. The van der Waals surface area contributed by atoms with Crippen molar-refractivity contribution in [2.75, 3.05) is 5.32 Å². The van der Waals surface area contributed by atoms with Crippen molar-refractivity contribution in [1.29, 1.82) is 0 Å². The number of aromatic nitrogens is 2. The fourth-order valence-electron chi connectivity index (χ4n) is 3.36. The third-order valence-electron chi connectivity index (χ3n) is 4.79. The molecule has 2 aromatic carbocycles. The molecule has 3 N–H and O–H groups in total. The molecule has 0 saturated heterocycles. The van der Waals surface area contributed by atoms with Crippen molar-refractivity contribution in [2.45, 2.75) is 25.2 Å². The molecule has 0 radical (unpaired) electrons. The van der Waals surface area contributed by atoms with Crippen LogP contribution in [0.2, 0.25) is 0 Å². The Balaban J connectivity index is 1.55. The van der Waals surface area contributed by atoms with Gasteiger partial charge < -0.3 is 15.3 Å². The second kappa shape index (κ2) is 6.40. The largest absolute Gasteiger partial charge is 0.324 e. The summed E-state index contributed by atoms with van der Waals surface area (Å²) in [5.74, 6) is -1.89. The van der Waals surface area contributed by atoms with Crippen LogP contribution in [0.5, 0.6) is 0 Å². The van der Waals surface area contributed by atoms with Crippen LogP contribution in [0, 0.1) is 17.6 Å². The molecule has 1 fully saturated rings. The van der Waals surface area contributed by atoms with Gasteiger partial charge in [-0.2, -0.15) is 0 Å². The Kier molecular flexibility index (Phi) is 4.06. The Morgan fingerprint density at radius 1 is 1.15 bits per heavy atom. The summed E-state index contributed by atoms with van der Waals surface area (Å²) in [6.45, 7) is 0. The molecule has 1 unspecified atom stereocenters. The predicted molar refractivity (Wildman–Crippen MR) is 94.0 cm³/mol. The third kappa shape index (κ3) is 3.24. The Bertz CT molecular complexity index is 1040. The van der Waals surface area contributed by atoms with Crippen molar-refractivity contribution in [3.05, 3.63) is 64.1 Å². The van der Waals surface area contributed by atoms with E-state index in [4.69, 9.17) is 0 Å². The van der Waals surface area contributed by atoms with E-state index < -0.39 is 11.6 Å². The number of rotatable bonds is 5. The highest BCUT2D eigenvalue weighted by Crippen LogP contribution is 2.44. The first-order valence-electron chi connectivity index (χ1n) is 8.47. The number of anilines is 1. The van der Waals surface area contributed by atoms with Gasteiger partial charge in [0.25, 0.3) is 0 Å². The number of carbonyl (C=O) groups is 1. The number of nitrogens with one attached hydrogen (secondary N) is 3. The molecular formula is C19H17F2N3O2. The van der Waals surface area contributed by atoms with E-state index in [1.54, 1.807) is 24.3 Å². The van der Waals surface area contributed by atoms with Crippen LogP contribution in [0.25, 0.3) is 11.0 Å². The highest BCUT2D eigenvalue weighted by Gasteiger charge is 2.34. The van der Waals surface area contributed by atoms with E-state index in [2.05, 4.69) is 15.3 Å². The molecule has 3 aromatic rings. The molecule has 1 heterocycles. The number of hydrogen-bond acceptors (Lipinski definition) is 2. The highest BCUT2D eigenvalue weighted by molar-refractivity contribution is 5.99. The highest BCUT2D eigenvalue weighted by atomic mass is 19.2. The topological polar surface area (TPSA) is 77.8 Å². The average molecular weight is 357 g/mol. The van der Waals surface area contributed by atoms with E-state index in [0.717, 1.165) is 18.9 Å².